The van der Waals surface area contributed by atoms with E-state index in [0.29, 0.717) is 25.7 Å². The molecule has 9 amide bonds. The van der Waals surface area contributed by atoms with Gasteiger partial charge in [0.05, 0.1) is 26.2 Å². The number of carboxylic acid groups (broad SMARTS) is 1. The second kappa shape index (κ2) is 30.0. The molecule has 0 aliphatic carbocycles. The first-order chi connectivity index (χ1) is 36.4. The van der Waals surface area contributed by atoms with Crippen LogP contribution in [-0.4, -0.2) is 233 Å². The Labute approximate surface area is 463 Å². The second-order valence-corrected chi connectivity index (χ2v) is 22.8. The molecular weight excluding hydrogens is 1040 g/mol. The van der Waals surface area contributed by atoms with Gasteiger partial charge in [-0.2, -0.15) is 0 Å². The average Bonchev–Trinajstić information content (AvgIpc) is 3.34. The van der Waals surface area contributed by atoms with Crippen LogP contribution in [0.4, 0.5) is 9.59 Å². The number of piperidine rings is 2. The number of rotatable bonds is 23. The van der Waals surface area contributed by atoms with Crippen LogP contribution in [0.15, 0.2) is 0 Å². The molecular formula is C52H88N10O17. The van der Waals surface area contributed by atoms with Gasteiger partial charge in [-0.25, -0.2) is 24.0 Å². The van der Waals surface area contributed by atoms with E-state index >= 15 is 0 Å². The molecule has 6 N–H and O–H groups in total. The van der Waals surface area contributed by atoms with E-state index in [1.807, 2.05) is 0 Å². The maximum atomic E-state index is 14.6. The molecule has 0 radical (unpaired) electrons. The number of carbonyl (C=O) groups excluding carboxylic acids is 11. The molecule has 27 nitrogen and oxygen atoms in total. The Bertz CT molecular complexity index is 2210. The van der Waals surface area contributed by atoms with Gasteiger partial charge < -0.3 is 75.1 Å². The van der Waals surface area contributed by atoms with Gasteiger partial charge >= 0.3 is 30.1 Å². The Balaban J connectivity index is 2.28. The number of nitrogens with two attached hydrogens (primary N) is 1. The molecule has 2 rings (SSSR count). The van der Waals surface area contributed by atoms with Gasteiger partial charge in [0, 0.05) is 41.3 Å². The number of nitrogens with zero attached hydrogens (tertiary/aromatic N) is 6. The second-order valence-electron chi connectivity index (χ2n) is 22.8. The molecule has 0 saturated carbocycles. The van der Waals surface area contributed by atoms with E-state index in [-0.39, 0.29) is 39.0 Å². The molecule has 0 spiro atoms. The lowest BCUT2D eigenvalue weighted by Gasteiger charge is -2.38. The predicted octanol–water partition coefficient (Wildman–Crippen LogP) is 0.441. The number of carboxylic acids is 1. The van der Waals surface area contributed by atoms with Crippen LogP contribution in [0.25, 0.3) is 0 Å². The summed E-state index contributed by atoms with van der Waals surface area (Å²) in [5.74, 6) is -9.22. The molecule has 2 saturated heterocycles. The van der Waals surface area contributed by atoms with Crippen molar-refractivity contribution in [2.24, 2.45) is 17.6 Å². The standard InChI is InChI=1S/C52H88N10O17/c1-29(2)41(59(15)37(65)27-57(13)35(63)25-53)47(72)76-31(5)39(55-49(74)78-51(7,8)9)44(68)61-23-19-17-21-33(61)43(67)54-26-36(64)58(14)28-38(66)60(16)42(30(3)4)48(73)77-32(6)40(56-50(75)79-52(10,11)12)45(69)62-24-20-18-22-34(62)46(70)71/h29-34,39-42H,17-28,53H2,1-16H3,(H,54,67)(H,55,74)(H,56,75)(H,70,71)/t31-,32-,33+,34+,39-,40-,41+,42+/m1/s1. The zero-order valence-corrected chi connectivity index (χ0v) is 49.0. The third-order valence-corrected chi connectivity index (χ3v) is 13.1. The normalized spacial score (nSPS) is 18.0. The van der Waals surface area contributed by atoms with Gasteiger partial charge in [0.25, 0.3) is 0 Å². The van der Waals surface area contributed by atoms with Crippen LogP contribution in [0.1, 0.15) is 122 Å². The van der Waals surface area contributed by atoms with Crippen molar-refractivity contribution in [3.8, 4) is 0 Å². The lowest BCUT2D eigenvalue weighted by molar-refractivity contribution is -0.165. The fourth-order valence-corrected chi connectivity index (χ4v) is 8.99. The van der Waals surface area contributed by atoms with Crippen molar-refractivity contribution in [1.29, 1.82) is 0 Å². The third-order valence-electron chi connectivity index (χ3n) is 13.1. The number of likely N-dealkylation sites (N-methyl/N-ethyl adjacent to an activating group) is 4. The summed E-state index contributed by atoms with van der Waals surface area (Å²) in [5, 5.41) is 17.3. The topological polar surface area (TPSA) is 344 Å². The SMILES string of the molecule is CC(C)[C@@H](C(=O)O[C@H](C)[C@@H](NC(=O)OC(C)(C)C)C(=O)N1CCCC[C@H]1C(=O)O)N(C)C(=O)CN(C)C(=O)CNC(=O)[C@@H]1CCCCN1C(=O)[C@H](NC(=O)OC(C)(C)C)[C@@H](C)OC(=O)[C@H](C(C)C)N(C)C(=O)CN(C)C(=O)CN. The number of nitrogens with one attached hydrogen (secondary N) is 3. The number of likely N-dealkylation sites (tertiary alicyclic amines) is 2. The summed E-state index contributed by atoms with van der Waals surface area (Å²) >= 11 is 0. The van der Waals surface area contributed by atoms with Crippen molar-refractivity contribution in [1.82, 2.24) is 45.3 Å². The van der Waals surface area contributed by atoms with Gasteiger partial charge in [0.1, 0.15) is 59.7 Å². The zero-order valence-electron chi connectivity index (χ0n) is 49.0. The molecule has 27 heteroatoms. The molecule has 0 aromatic rings. The molecule has 2 heterocycles. The van der Waals surface area contributed by atoms with Gasteiger partial charge in [0.15, 0.2) is 0 Å². The van der Waals surface area contributed by atoms with Crippen molar-refractivity contribution in [2.45, 2.75) is 181 Å². The minimum Gasteiger partial charge on any atom is -0.480 e. The van der Waals surface area contributed by atoms with Crippen LogP contribution >= 0.6 is 0 Å². The van der Waals surface area contributed by atoms with Crippen LogP contribution in [0.3, 0.4) is 0 Å². The number of hydrogen-bond acceptors (Lipinski definition) is 17. The lowest BCUT2D eigenvalue weighted by atomic mass is 9.99. The molecule has 8 atom stereocenters. The van der Waals surface area contributed by atoms with Crippen LogP contribution in [0.5, 0.6) is 0 Å². The van der Waals surface area contributed by atoms with Crippen LogP contribution in [-0.2, 0) is 66.9 Å². The van der Waals surface area contributed by atoms with Crippen molar-refractivity contribution in [2.75, 3.05) is 67.5 Å². The number of ether oxygens (including phenoxy) is 4. The maximum Gasteiger partial charge on any atom is 0.408 e. The number of alkyl carbamates (subject to hydrolysis) is 2. The summed E-state index contributed by atoms with van der Waals surface area (Å²) in [6, 6.07) is -8.06. The third kappa shape index (κ3) is 20.7. The van der Waals surface area contributed by atoms with E-state index < -0.39 is 156 Å². The fourth-order valence-electron chi connectivity index (χ4n) is 8.99. The van der Waals surface area contributed by atoms with Crippen molar-refractivity contribution >= 4 is 71.4 Å². The van der Waals surface area contributed by atoms with Crippen LogP contribution in [0, 0.1) is 11.8 Å². The smallest absolute Gasteiger partial charge is 0.408 e. The first kappa shape index (κ1) is 68.3. The van der Waals surface area contributed by atoms with Gasteiger partial charge in [0.2, 0.25) is 41.4 Å². The summed E-state index contributed by atoms with van der Waals surface area (Å²) in [6.45, 7) is 17.0. The van der Waals surface area contributed by atoms with Crippen LogP contribution in [0.2, 0.25) is 0 Å². The lowest BCUT2D eigenvalue weighted by Crippen LogP contribution is -2.61. The first-order valence-electron chi connectivity index (χ1n) is 26.6. The first-order valence-corrected chi connectivity index (χ1v) is 26.6. The molecule has 0 aromatic carbocycles. The van der Waals surface area contributed by atoms with E-state index in [4.69, 9.17) is 24.7 Å². The monoisotopic (exact) mass is 1120 g/mol. The van der Waals surface area contributed by atoms with E-state index in [1.165, 1.54) is 46.9 Å². The molecule has 448 valence electrons. The molecule has 79 heavy (non-hydrogen) atoms. The Hall–Kier alpha value is -6.80. The molecule has 2 aliphatic rings. The summed E-state index contributed by atoms with van der Waals surface area (Å²) in [4.78, 5) is 168. The number of esters is 2. The number of carbonyl (C=O) groups is 12. The quantitative estimate of drug-likeness (QED) is 0.0685. The summed E-state index contributed by atoms with van der Waals surface area (Å²) in [6.07, 6.45) is -2.55. The number of amides is 9. The van der Waals surface area contributed by atoms with E-state index in [1.54, 1.807) is 69.2 Å². The maximum absolute atomic E-state index is 14.6. The van der Waals surface area contributed by atoms with Crippen molar-refractivity contribution in [3.05, 3.63) is 0 Å². The Morgan fingerprint density at radius 3 is 1.29 bits per heavy atom. The average molecular weight is 1130 g/mol. The molecule has 2 aliphatic heterocycles. The van der Waals surface area contributed by atoms with Crippen molar-refractivity contribution in [3.63, 3.8) is 0 Å². The Morgan fingerprint density at radius 1 is 0.570 bits per heavy atom. The highest BCUT2D eigenvalue weighted by Gasteiger charge is 2.44. The predicted molar refractivity (Wildman–Crippen MR) is 284 cm³/mol. The molecule has 2 fully saturated rings. The highest BCUT2D eigenvalue weighted by Crippen LogP contribution is 2.24. The number of aliphatic carboxylic acids is 1. The fraction of sp³-hybridized carbons (Fsp3) is 0.769. The highest BCUT2D eigenvalue weighted by molar-refractivity contribution is 5.95. The molecule has 0 aromatic heterocycles. The van der Waals surface area contributed by atoms with E-state index in [2.05, 4.69) is 16.0 Å². The van der Waals surface area contributed by atoms with Gasteiger partial charge in [-0.15, -0.1) is 0 Å². The van der Waals surface area contributed by atoms with Crippen molar-refractivity contribution < 1.29 is 81.6 Å². The van der Waals surface area contributed by atoms with E-state index in [9.17, 15) is 62.6 Å². The molecule has 0 bridgehead atoms. The van der Waals surface area contributed by atoms with E-state index in [0.717, 1.165) is 24.5 Å². The Morgan fingerprint density at radius 2 is 0.937 bits per heavy atom. The zero-order chi connectivity index (χ0) is 60.6. The summed E-state index contributed by atoms with van der Waals surface area (Å²) in [5.41, 5.74) is 3.43. The van der Waals surface area contributed by atoms with Gasteiger partial charge in [-0.1, -0.05) is 27.7 Å². The minimum atomic E-state index is -1.62. The summed E-state index contributed by atoms with van der Waals surface area (Å²) < 4.78 is 22.3. The minimum absolute atomic E-state index is 0.0265. The largest absolute Gasteiger partial charge is 0.480 e. The highest BCUT2D eigenvalue weighted by atomic mass is 16.6. The summed E-state index contributed by atoms with van der Waals surface area (Å²) in [7, 11) is 5.34. The molecule has 0 unspecified atom stereocenters. The number of hydrogen-bond donors (Lipinski definition) is 5. The van der Waals surface area contributed by atoms with Crippen LogP contribution < -0.4 is 21.7 Å². The van der Waals surface area contributed by atoms with Gasteiger partial charge in [-0.3, -0.25) is 33.6 Å². The Kier molecular flexibility index (Phi) is 25.9. The van der Waals surface area contributed by atoms with Gasteiger partial charge in [-0.05, 0) is 106 Å².